The second kappa shape index (κ2) is 10.2. The fourth-order valence-corrected chi connectivity index (χ4v) is 2.48. The van der Waals surface area contributed by atoms with Gasteiger partial charge in [-0.05, 0) is 54.9 Å². The molecule has 1 fully saturated rings. The van der Waals surface area contributed by atoms with E-state index in [9.17, 15) is 4.79 Å². The third-order valence-electron chi connectivity index (χ3n) is 4.18. The minimum atomic E-state index is -0.0864. The Morgan fingerprint density at radius 3 is 2.67 bits per heavy atom. The van der Waals surface area contributed by atoms with Crippen LogP contribution in [0.2, 0.25) is 0 Å². The van der Waals surface area contributed by atoms with Crippen molar-refractivity contribution in [2.75, 3.05) is 13.2 Å². The molecule has 1 aromatic rings. The molecule has 2 rings (SSSR count). The molecule has 1 aliphatic carbocycles. The number of rotatable bonds is 11. The number of esters is 1. The molecule has 1 aromatic carbocycles. The largest absolute Gasteiger partial charge is 0.494 e. The quantitative estimate of drug-likeness (QED) is 0.411. The molecule has 3 heteroatoms. The molecule has 1 aliphatic rings. The SMILES string of the molecule is CC(C)CCCOc1ccc(/C=C/COC(=O)CCC2CC2)cc1. The number of benzene rings is 1. The normalized spacial score (nSPS) is 14.3. The zero-order chi connectivity index (χ0) is 17.2. The molecule has 0 bridgehead atoms. The van der Waals surface area contributed by atoms with E-state index in [0.717, 1.165) is 42.6 Å². The molecule has 0 unspecified atom stereocenters. The van der Waals surface area contributed by atoms with Crippen LogP contribution in [-0.2, 0) is 9.53 Å². The van der Waals surface area contributed by atoms with Crippen molar-refractivity contribution in [3.05, 3.63) is 35.9 Å². The molecule has 3 nitrogen and oxygen atoms in total. The van der Waals surface area contributed by atoms with Gasteiger partial charge < -0.3 is 9.47 Å². The topological polar surface area (TPSA) is 35.5 Å². The Kier molecular flexibility index (Phi) is 7.87. The molecule has 24 heavy (non-hydrogen) atoms. The van der Waals surface area contributed by atoms with Gasteiger partial charge in [0.15, 0.2) is 0 Å². The van der Waals surface area contributed by atoms with Gasteiger partial charge in [0.1, 0.15) is 12.4 Å². The molecule has 132 valence electrons. The van der Waals surface area contributed by atoms with E-state index in [1.54, 1.807) is 0 Å². The van der Waals surface area contributed by atoms with Gasteiger partial charge in [-0.15, -0.1) is 0 Å². The van der Waals surface area contributed by atoms with E-state index in [1.807, 2.05) is 36.4 Å². The van der Waals surface area contributed by atoms with Crippen LogP contribution in [0.1, 0.15) is 57.9 Å². The summed E-state index contributed by atoms with van der Waals surface area (Å²) in [5, 5.41) is 0. The maximum Gasteiger partial charge on any atom is 0.306 e. The fraction of sp³-hybridized carbons (Fsp3) is 0.571. The predicted octanol–water partition coefficient (Wildman–Crippen LogP) is 5.25. The van der Waals surface area contributed by atoms with Crippen LogP contribution in [-0.4, -0.2) is 19.2 Å². The Morgan fingerprint density at radius 2 is 2.00 bits per heavy atom. The lowest BCUT2D eigenvalue weighted by atomic mass is 10.1. The van der Waals surface area contributed by atoms with E-state index in [-0.39, 0.29) is 5.97 Å². The monoisotopic (exact) mass is 330 g/mol. The summed E-state index contributed by atoms with van der Waals surface area (Å²) in [6.07, 6.45) is 10.2. The lowest BCUT2D eigenvalue weighted by molar-refractivity contribution is -0.142. The highest BCUT2D eigenvalue weighted by Crippen LogP contribution is 2.33. The highest BCUT2D eigenvalue weighted by Gasteiger charge is 2.21. The van der Waals surface area contributed by atoms with Crippen molar-refractivity contribution in [3.63, 3.8) is 0 Å². The van der Waals surface area contributed by atoms with Gasteiger partial charge in [0.25, 0.3) is 0 Å². The Bertz CT molecular complexity index is 512. The van der Waals surface area contributed by atoms with Crippen LogP contribution in [0, 0.1) is 11.8 Å². The van der Waals surface area contributed by atoms with Crippen LogP contribution in [0.15, 0.2) is 30.3 Å². The molecule has 0 amide bonds. The van der Waals surface area contributed by atoms with Crippen LogP contribution in [0.3, 0.4) is 0 Å². The van der Waals surface area contributed by atoms with Gasteiger partial charge in [0, 0.05) is 6.42 Å². The highest BCUT2D eigenvalue weighted by atomic mass is 16.5. The van der Waals surface area contributed by atoms with Crippen LogP contribution in [0.5, 0.6) is 5.75 Å². The van der Waals surface area contributed by atoms with Crippen molar-refractivity contribution in [3.8, 4) is 5.75 Å². The minimum absolute atomic E-state index is 0.0864. The van der Waals surface area contributed by atoms with Gasteiger partial charge in [-0.1, -0.05) is 44.9 Å². The van der Waals surface area contributed by atoms with E-state index >= 15 is 0 Å². The summed E-state index contributed by atoms with van der Waals surface area (Å²) >= 11 is 0. The molecular formula is C21H30O3. The average molecular weight is 330 g/mol. The zero-order valence-corrected chi connectivity index (χ0v) is 15.0. The molecule has 0 heterocycles. The molecule has 0 atom stereocenters. The maximum absolute atomic E-state index is 11.5. The third kappa shape index (κ3) is 8.19. The van der Waals surface area contributed by atoms with Gasteiger partial charge >= 0.3 is 5.97 Å². The summed E-state index contributed by atoms with van der Waals surface area (Å²) in [4.78, 5) is 11.5. The number of hydrogen-bond acceptors (Lipinski definition) is 3. The third-order valence-corrected chi connectivity index (χ3v) is 4.18. The average Bonchev–Trinajstić information content (AvgIpc) is 3.39. The fourth-order valence-electron chi connectivity index (χ4n) is 2.48. The van der Waals surface area contributed by atoms with Gasteiger partial charge in [-0.2, -0.15) is 0 Å². The standard InChI is InChI=1S/C21H30O3/c1-17(2)5-3-15-23-20-12-9-18(10-13-20)6-4-16-24-21(22)14-11-19-7-8-19/h4,6,9-10,12-13,17,19H,3,5,7-8,11,14-16H2,1-2H3/b6-4+. The molecule has 0 aliphatic heterocycles. The first kappa shape index (κ1) is 18.6. The van der Waals surface area contributed by atoms with Crippen molar-refractivity contribution in [2.24, 2.45) is 11.8 Å². The Labute approximate surface area is 146 Å². The number of carbonyl (C=O) groups is 1. The smallest absolute Gasteiger partial charge is 0.306 e. The van der Waals surface area contributed by atoms with Crippen molar-refractivity contribution in [1.29, 1.82) is 0 Å². The van der Waals surface area contributed by atoms with Crippen LogP contribution >= 0.6 is 0 Å². The number of hydrogen-bond donors (Lipinski definition) is 0. The van der Waals surface area contributed by atoms with E-state index in [2.05, 4.69) is 13.8 Å². The number of carbonyl (C=O) groups excluding carboxylic acids is 1. The lowest BCUT2D eigenvalue weighted by Crippen LogP contribution is -2.04. The zero-order valence-electron chi connectivity index (χ0n) is 15.0. The van der Waals surface area contributed by atoms with Gasteiger partial charge in [-0.3, -0.25) is 4.79 Å². The first-order valence-electron chi connectivity index (χ1n) is 9.18. The number of ether oxygens (including phenoxy) is 2. The van der Waals surface area contributed by atoms with E-state index in [1.165, 1.54) is 19.3 Å². The van der Waals surface area contributed by atoms with Gasteiger partial charge in [-0.25, -0.2) is 0 Å². The molecule has 0 saturated heterocycles. The molecule has 1 saturated carbocycles. The summed E-state index contributed by atoms with van der Waals surface area (Å²) in [6, 6.07) is 8.00. The predicted molar refractivity (Wildman–Crippen MR) is 98.0 cm³/mol. The van der Waals surface area contributed by atoms with E-state index in [4.69, 9.17) is 9.47 Å². The Morgan fingerprint density at radius 1 is 1.25 bits per heavy atom. The molecule has 0 spiro atoms. The van der Waals surface area contributed by atoms with Crippen LogP contribution in [0.25, 0.3) is 6.08 Å². The van der Waals surface area contributed by atoms with Crippen molar-refractivity contribution in [2.45, 2.75) is 52.4 Å². The van der Waals surface area contributed by atoms with Gasteiger partial charge in [0.05, 0.1) is 6.61 Å². The molecular weight excluding hydrogens is 300 g/mol. The first-order valence-corrected chi connectivity index (χ1v) is 9.18. The molecule has 0 N–H and O–H groups in total. The van der Waals surface area contributed by atoms with E-state index < -0.39 is 0 Å². The molecule has 0 aromatic heterocycles. The second-order valence-electron chi connectivity index (χ2n) is 7.02. The summed E-state index contributed by atoms with van der Waals surface area (Å²) in [5.74, 6) is 2.32. The maximum atomic E-state index is 11.5. The van der Waals surface area contributed by atoms with Gasteiger partial charge in [0.2, 0.25) is 0 Å². The highest BCUT2D eigenvalue weighted by molar-refractivity contribution is 5.69. The second-order valence-corrected chi connectivity index (χ2v) is 7.02. The summed E-state index contributed by atoms with van der Waals surface area (Å²) in [6.45, 7) is 5.57. The van der Waals surface area contributed by atoms with Crippen molar-refractivity contribution in [1.82, 2.24) is 0 Å². The van der Waals surface area contributed by atoms with Crippen molar-refractivity contribution >= 4 is 12.0 Å². The van der Waals surface area contributed by atoms with Crippen LogP contribution in [0.4, 0.5) is 0 Å². The molecule has 0 radical (unpaired) electrons. The van der Waals surface area contributed by atoms with Crippen molar-refractivity contribution < 1.29 is 14.3 Å². The summed E-state index contributed by atoms with van der Waals surface area (Å²) in [7, 11) is 0. The summed E-state index contributed by atoms with van der Waals surface area (Å²) < 4.78 is 10.9. The Balaban J connectivity index is 1.60. The Hall–Kier alpha value is -1.77. The first-order chi connectivity index (χ1) is 11.6. The van der Waals surface area contributed by atoms with Crippen LogP contribution < -0.4 is 4.74 Å². The minimum Gasteiger partial charge on any atom is -0.494 e. The lowest BCUT2D eigenvalue weighted by Gasteiger charge is -2.07. The summed E-state index contributed by atoms with van der Waals surface area (Å²) in [5.41, 5.74) is 1.08. The van der Waals surface area contributed by atoms with E-state index in [0.29, 0.717) is 13.0 Å².